The summed E-state index contributed by atoms with van der Waals surface area (Å²) in [6, 6.07) is 0. The van der Waals surface area contributed by atoms with Crippen LogP contribution in [-0.2, 0) is 14.8 Å². The highest BCUT2D eigenvalue weighted by molar-refractivity contribution is 7.89. The number of nitrogens with one attached hydrogen (secondary N) is 2. The lowest BCUT2D eigenvalue weighted by atomic mass is 10.4. The Morgan fingerprint density at radius 2 is 2.08 bits per heavy atom. The molecule has 2 N–H and O–H groups in total. The van der Waals surface area contributed by atoms with Gasteiger partial charge in [-0.1, -0.05) is 0 Å². The third-order valence-electron chi connectivity index (χ3n) is 1.30. The Morgan fingerprint density at radius 3 is 2.54 bits per heavy atom. The van der Waals surface area contributed by atoms with Crippen molar-refractivity contribution in [3.63, 3.8) is 0 Å². The average molecular weight is 229 g/mol. The predicted molar refractivity (Wildman–Crippen MR) is 51.2 cm³/mol. The Hall–Kier alpha value is -0.330. The minimum absolute atomic E-state index is 0.0509. The lowest BCUT2D eigenvalue weighted by Crippen LogP contribution is -2.31. The molecule has 5 nitrogen and oxygen atoms in total. The minimum atomic E-state index is -3.30. The van der Waals surface area contributed by atoms with E-state index < -0.39 is 10.0 Å². The van der Waals surface area contributed by atoms with Crippen LogP contribution < -0.4 is 10.0 Å². The van der Waals surface area contributed by atoms with Crippen LogP contribution in [-0.4, -0.2) is 39.6 Å². The minimum Gasteiger partial charge on any atom is -0.359 e. The van der Waals surface area contributed by atoms with E-state index in [4.69, 9.17) is 11.6 Å². The lowest BCUT2D eigenvalue weighted by molar-refractivity contribution is -0.120. The summed E-state index contributed by atoms with van der Waals surface area (Å²) in [5, 5.41) is 2.38. The lowest BCUT2D eigenvalue weighted by Gasteiger charge is -2.03. The third kappa shape index (κ3) is 6.80. The molecular formula is C6H13ClN2O3S. The summed E-state index contributed by atoms with van der Waals surface area (Å²) in [7, 11) is -1.80. The van der Waals surface area contributed by atoms with Gasteiger partial charge < -0.3 is 5.32 Å². The van der Waals surface area contributed by atoms with Gasteiger partial charge in [-0.2, -0.15) is 0 Å². The Balaban J connectivity index is 3.70. The molecule has 7 heteroatoms. The van der Waals surface area contributed by atoms with Crippen molar-refractivity contribution in [1.29, 1.82) is 0 Å². The van der Waals surface area contributed by atoms with Crippen LogP contribution in [0, 0.1) is 0 Å². The maximum absolute atomic E-state index is 11.0. The summed E-state index contributed by atoms with van der Waals surface area (Å²) in [6.07, 6.45) is 0.137. The van der Waals surface area contributed by atoms with Crippen LogP contribution in [0.3, 0.4) is 0 Å². The molecule has 0 bridgehead atoms. The molecule has 0 fully saturated rings. The number of amides is 1. The fraction of sp³-hybridized carbons (Fsp3) is 0.833. The molecule has 0 saturated carbocycles. The van der Waals surface area contributed by atoms with Gasteiger partial charge in [-0.15, -0.1) is 11.6 Å². The third-order valence-corrected chi connectivity index (χ3v) is 3.10. The Kier molecular flexibility index (Phi) is 6.02. The van der Waals surface area contributed by atoms with Crippen LogP contribution in [0.15, 0.2) is 0 Å². The molecule has 1 amide bonds. The number of hydrogen-bond donors (Lipinski definition) is 2. The van der Waals surface area contributed by atoms with Crippen molar-refractivity contribution in [2.45, 2.75) is 6.42 Å². The van der Waals surface area contributed by atoms with Crippen molar-refractivity contribution in [2.75, 3.05) is 25.2 Å². The van der Waals surface area contributed by atoms with Gasteiger partial charge in [0, 0.05) is 25.9 Å². The number of carbonyl (C=O) groups is 1. The molecule has 0 spiro atoms. The van der Waals surface area contributed by atoms with E-state index in [0.717, 1.165) is 0 Å². The van der Waals surface area contributed by atoms with Gasteiger partial charge in [0.25, 0.3) is 0 Å². The second kappa shape index (κ2) is 6.17. The van der Waals surface area contributed by atoms with Crippen LogP contribution >= 0.6 is 11.6 Å². The topological polar surface area (TPSA) is 75.3 Å². The number of sulfonamides is 1. The molecule has 0 atom stereocenters. The van der Waals surface area contributed by atoms with Gasteiger partial charge in [0.05, 0.1) is 5.75 Å². The summed E-state index contributed by atoms with van der Waals surface area (Å²) >= 11 is 5.26. The first kappa shape index (κ1) is 12.7. The fourth-order valence-electron chi connectivity index (χ4n) is 0.619. The Morgan fingerprint density at radius 1 is 1.46 bits per heavy atom. The van der Waals surface area contributed by atoms with E-state index in [2.05, 4.69) is 10.0 Å². The van der Waals surface area contributed by atoms with E-state index in [0.29, 0.717) is 0 Å². The molecule has 0 aliphatic heterocycles. The van der Waals surface area contributed by atoms with Crippen LogP contribution in [0.2, 0.25) is 0 Å². The quantitative estimate of drug-likeness (QED) is 0.590. The predicted octanol–water partition coefficient (Wildman–Crippen LogP) is -0.719. The molecule has 0 aromatic carbocycles. The van der Waals surface area contributed by atoms with Crippen LogP contribution in [0.4, 0.5) is 0 Å². The molecule has 0 saturated heterocycles. The molecule has 0 radical (unpaired) electrons. The molecule has 78 valence electrons. The zero-order valence-corrected chi connectivity index (χ0v) is 8.91. The van der Waals surface area contributed by atoms with Gasteiger partial charge in [-0.25, -0.2) is 13.1 Å². The smallest absolute Gasteiger partial charge is 0.221 e. The number of hydrogen-bond acceptors (Lipinski definition) is 3. The van der Waals surface area contributed by atoms with Crippen molar-refractivity contribution in [2.24, 2.45) is 0 Å². The maximum atomic E-state index is 11.0. The molecule has 0 heterocycles. The van der Waals surface area contributed by atoms with Crippen molar-refractivity contribution < 1.29 is 13.2 Å². The standard InChI is InChI=1S/C6H13ClN2O3S/c1-8-6(10)2-4-9-13(11,12)5-3-7/h9H,2-5H2,1H3,(H,8,10). The van der Waals surface area contributed by atoms with Crippen LogP contribution in [0.1, 0.15) is 6.42 Å². The first-order valence-corrected chi connectivity index (χ1v) is 5.94. The summed E-state index contributed by atoms with van der Waals surface area (Å²) in [6.45, 7) is 0.110. The summed E-state index contributed by atoms with van der Waals surface area (Å²) in [5.41, 5.74) is 0. The fourth-order valence-corrected chi connectivity index (χ4v) is 1.99. The van der Waals surface area contributed by atoms with E-state index in [-0.39, 0.29) is 30.5 Å². The largest absolute Gasteiger partial charge is 0.359 e. The van der Waals surface area contributed by atoms with Crippen molar-refractivity contribution in [3.8, 4) is 0 Å². The van der Waals surface area contributed by atoms with Gasteiger partial charge in [0.2, 0.25) is 15.9 Å². The van der Waals surface area contributed by atoms with E-state index in [1.54, 1.807) is 0 Å². The molecule has 0 aromatic heterocycles. The number of halogens is 1. The molecule has 0 aliphatic carbocycles. The second-order valence-corrected chi connectivity index (χ2v) is 4.63. The van der Waals surface area contributed by atoms with Gasteiger partial charge in [0.1, 0.15) is 0 Å². The first-order valence-electron chi connectivity index (χ1n) is 3.75. The highest BCUT2D eigenvalue weighted by atomic mass is 35.5. The highest BCUT2D eigenvalue weighted by Gasteiger charge is 2.08. The Bertz CT molecular complexity index is 253. The van der Waals surface area contributed by atoms with Crippen molar-refractivity contribution in [1.82, 2.24) is 10.0 Å². The normalized spacial score (nSPS) is 11.2. The van der Waals surface area contributed by atoms with Crippen molar-refractivity contribution >= 4 is 27.5 Å². The van der Waals surface area contributed by atoms with Crippen LogP contribution in [0.25, 0.3) is 0 Å². The molecular weight excluding hydrogens is 216 g/mol. The Labute approximate surface area is 82.9 Å². The summed E-state index contributed by atoms with van der Waals surface area (Å²) < 4.78 is 24.2. The van der Waals surface area contributed by atoms with Gasteiger partial charge in [0.15, 0.2) is 0 Å². The van der Waals surface area contributed by atoms with E-state index in [1.807, 2.05) is 0 Å². The first-order chi connectivity index (χ1) is 6.02. The zero-order chi connectivity index (χ0) is 10.3. The van der Waals surface area contributed by atoms with Gasteiger partial charge in [-0.3, -0.25) is 4.79 Å². The molecule has 0 rings (SSSR count). The maximum Gasteiger partial charge on any atom is 0.221 e. The molecule has 0 aromatic rings. The van der Waals surface area contributed by atoms with E-state index >= 15 is 0 Å². The van der Waals surface area contributed by atoms with Crippen LogP contribution in [0.5, 0.6) is 0 Å². The SMILES string of the molecule is CNC(=O)CCNS(=O)(=O)CCCl. The molecule has 13 heavy (non-hydrogen) atoms. The van der Waals surface area contributed by atoms with E-state index in [1.165, 1.54) is 7.05 Å². The second-order valence-electron chi connectivity index (χ2n) is 2.33. The monoisotopic (exact) mass is 228 g/mol. The van der Waals surface area contributed by atoms with Crippen molar-refractivity contribution in [3.05, 3.63) is 0 Å². The summed E-state index contributed by atoms with van der Waals surface area (Å²) in [4.78, 5) is 10.7. The summed E-state index contributed by atoms with van der Waals surface area (Å²) in [5.74, 6) is -0.272. The number of rotatable bonds is 6. The number of carbonyl (C=O) groups excluding carboxylic acids is 1. The molecule has 0 unspecified atom stereocenters. The van der Waals surface area contributed by atoms with Gasteiger partial charge >= 0.3 is 0 Å². The highest BCUT2D eigenvalue weighted by Crippen LogP contribution is 1.87. The number of alkyl halides is 1. The zero-order valence-electron chi connectivity index (χ0n) is 7.34. The van der Waals surface area contributed by atoms with Gasteiger partial charge in [-0.05, 0) is 0 Å². The van der Waals surface area contributed by atoms with E-state index in [9.17, 15) is 13.2 Å². The molecule has 0 aliphatic rings. The average Bonchev–Trinajstić information content (AvgIpc) is 2.03.